The minimum Gasteiger partial charge on any atom is -0.206 e. The van der Waals surface area contributed by atoms with E-state index in [2.05, 4.69) is 30.6 Å². The zero-order chi connectivity index (χ0) is 17.4. The number of hydrogen-bond acceptors (Lipinski definition) is 0. The fraction of sp³-hybridized carbons (Fsp3) is 0.273. The lowest BCUT2D eigenvalue weighted by Crippen LogP contribution is -1.91. The lowest BCUT2D eigenvalue weighted by molar-refractivity contribution is 0.594. The number of benzene rings is 2. The summed E-state index contributed by atoms with van der Waals surface area (Å²) in [6, 6.07) is 10.1. The van der Waals surface area contributed by atoms with Gasteiger partial charge in [-0.05, 0) is 49.6 Å². The average Bonchev–Trinajstić information content (AvgIpc) is 2.58. The van der Waals surface area contributed by atoms with Gasteiger partial charge in [0.2, 0.25) is 0 Å². The van der Waals surface area contributed by atoms with E-state index in [1.165, 1.54) is 24.8 Å². The maximum atomic E-state index is 14.0. The predicted octanol–water partition coefficient (Wildman–Crippen LogP) is 5.47. The Morgan fingerprint density at radius 2 is 1.46 bits per heavy atom. The van der Waals surface area contributed by atoms with Gasteiger partial charge in [-0.15, -0.1) is 5.92 Å². The molecule has 0 atom stereocenters. The van der Waals surface area contributed by atoms with Crippen molar-refractivity contribution in [3.8, 4) is 23.7 Å². The molecule has 0 N–H and O–H groups in total. The van der Waals surface area contributed by atoms with Crippen LogP contribution in [0.25, 0.3) is 0 Å². The summed E-state index contributed by atoms with van der Waals surface area (Å²) in [5.41, 5.74) is 2.15. The number of aryl methyl sites for hydroxylation is 1. The van der Waals surface area contributed by atoms with E-state index in [1.807, 2.05) is 24.3 Å². The van der Waals surface area contributed by atoms with E-state index in [9.17, 15) is 8.78 Å². The van der Waals surface area contributed by atoms with Gasteiger partial charge < -0.3 is 0 Å². The summed E-state index contributed by atoms with van der Waals surface area (Å²) in [5.74, 6) is 9.56. The van der Waals surface area contributed by atoms with Crippen LogP contribution >= 0.6 is 0 Å². The van der Waals surface area contributed by atoms with Gasteiger partial charge >= 0.3 is 0 Å². The molecule has 2 heteroatoms. The van der Waals surface area contributed by atoms with E-state index in [1.54, 1.807) is 6.92 Å². The smallest absolute Gasteiger partial charge is 0.140 e. The summed E-state index contributed by atoms with van der Waals surface area (Å²) in [6.45, 7) is 3.76. The molecule has 24 heavy (non-hydrogen) atoms. The molecule has 0 heterocycles. The van der Waals surface area contributed by atoms with E-state index in [0.717, 1.165) is 24.1 Å². The lowest BCUT2D eigenvalue weighted by atomic mass is 10.1. The third kappa shape index (κ3) is 4.97. The molecule has 0 unspecified atom stereocenters. The topological polar surface area (TPSA) is 0 Å². The summed E-state index contributed by atoms with van der Waals surface area (Å²) in [6.07, 6.45) is 4.67. The van der Waals surface area contributed by atoms with Gasteiger partial charge in [-0.1, -0.05) is 49.7 Å². The zero-order valence-corrected chi connectivity index (χ0v) is 14.0. The highest BCUT2D eigenvalue weighted by molar-refractivity contribution is 5.47. The van der Waals surface area contributed by atoms with Crippen molar-refractivity contribution >= 4 is 0 Å². The van der Waals surface area contributed by atoms with Crippen LogP contribution in [0, 0.1) is 35.3 Å². The van der Waals surface area contributed by atoms with Crippen molar-refractivity contribution in [1.82, 2.24) is 0 Å². The van der Waals surface area contributed by atoms with E-state index in [4.69, 9.17) is 0 Å². The fourth-order valence-corrected chi connectivity index (χ4v) is 2.35. The van der Waals surface area contributed by atoms with Crippen molar-refractivity contribution in [3.05, 3.63) is 70.3 Å². The minimum absolute atomic E-state index is 0.0428. The Hall–Kier alpha value is -2.58. The molecule has 0 bridgehead atoms. The fourth-order valence-electron chi connectivity index (χ4n) is 2.35. The second kappa shape index (κ2) is 8.90. The summed E-state index contributed by atoms with van der Waals surface area (Å²) < 4.78 is 27.8. The molecule has 0 amide bonds. The summed E-state index contributed by atoms with van der Waals surface area (Å²) in [5, 5.41) is 0. The van der Waals surface area contributed by atoms with Crippen molar-refractivity contribution in [1.29, 1.82) is 0 Å². The average molecular weight is 322 g/mol. The minimum atomic E-state index is -0.558. The van der Waals surface area contributed by atoms with Crippen molar-refractivity contribution in [2.45, 2.75) is 39.5 Å². The molecular weight excluding hydrogens is 302 g/mol. The molecule has 122 valence electrons. The van der Waals surface area contributed by atoms with Crippen LogP contribution in [-0.4, -0.2) is 0 Å². The van der Waals surface area contributed by atoms with E-state index in [0.29, 0.717) is 0 Å². The molecule has 0 spiro atoms. The number of unbranched alkanes of at least 4 members (excludes halogenated alkanes) is 2. The summed E-state index contributed by atoms with van der Waals surface area (Å²) in [7, 11) is 0. The largest absolute Gasteiger partial charge is 0.206 e. The van der Waals surface area contributed by atoms with Crippen LogP contribution in [0.3, 0.4) is 0 Å². The van der Waals surface area contributed by atoms with E-state index >= 15 is 0 Å². The molecule has 0 fully saturated rings. The Bertz CT molecular complexity index is 809. The molecule has 2 aromatic rings. The molecule has 2 rings (SSSR count). The van der Waals surface area contributed by atoms with Crippen LogP contribution < -0.4 is 0 Å². The van der Waals surface area contributed by atoms with Crippen LogP contribution in [0.1, 0.15) is 55.4 Å². The molecule has 0 aliphatic heterocycles. The first-order valence-corrected chi connectivity index (χ1v) is 8.16. The van der Waals surface area contributed by atoms with Gasteiger partial charge in [0, 0.05) is 5.56 Å². The quantitative estimate of drug-likeness (QED) is 0.517. The SMILES string of the molecule is CC#Cc1cc(F)c(C#Cc2ccc(CCCCC)cc2)cc1F. The Kier molecular flexibility index (Phi) is 6.59. The number of hydrogen-bond donors (Lipinski definition) is 0. The van der Waals surface area contributed by atoms with Crippen LogP contribution in [0.2, 0.25) is 0 Å². The molecule has 0 radical (unpaired) electrons. The van der Waals surface area contributed by atoms with Crippen molar-refractivity contribution in [3.63, 3.8) is 0 Å². The third-order valence-electron chi connectivity index (χ3n) is 3.68. The number of halogens is 2. The molecule has 0 aromatic heterocycles. The molecule has 0 aliphatic carbocycles. The Morgan fingerprint density at radius 3 is 2.04 bits per heavy atom. The molecule has 0 aliphatic rings. The van der Waals surface area contributed by atoms with Gasteiger partial charge in [0.1, 0.15) is 11.6 Å². The lowest BCUT2D eigenvalue weighted by Gasteiger charge is -2.01. The van der Waals surface area contributed by atoms with Crippen molar-refractivity contribution in [2.75, 3.05) is 0 Å². The first-order valence-electron chi connectivity index (χ1n) is 8.16. The highest BCUT2D eigenvalue weighted by Gasteiger charge is 2.06. The van der Waals surface area contributed by atoms with Gasteiger partial charge in [-0.3, -0.25) is 0 Å². The highest BCUT2D eigenvalue weighted by atomic mass is 19.1. The monoisotopic (exact) mass is 322 g/mol. The zero-order valence-electron chi connectivity index (χ0n) is 14.0. The second-order valence-corrected chi connectivity index (χ2v) is 5.59. The van der Waals surface area contributed by atoms with E-state index < -0.39 is 11.6 Å². The Balaban J connectivity index is 2.14. The molecule has 0 saturated heterocycles. The first-order chi connectivity index (χ1) is 11.6. The predicted molar refractivity (Wildman–Crippen MR) is 94.6 cm³/mol. The van der Waals surface area contributed by atoms with Crippen LogP contribution in [-0.2, 0) is 6.42 Å². The van der Waals surface area contributed by atoms with Crippen LogP contribution in [0.15, 0.2) is 36.4 Å². The normalized spacial score (nSPS) is 9.67. The molecular formula is C22H20F2. The van der Waals surface area contributed by atoms with Gasteiger partial charge in [0.25, 0.3) is 0 Å². The Labute approximate surface area is 142 Å². The van der Waals surface area contributed by atoms with Crippen LogP contribution in [0.5, 0.6) is 0 Å². The number of rotatable bonds is 4. The summed E-state index contributed by atoms with van der Waals surface area (Å²) in [4.78, 5) is 0. The standard InChI is InChI=1S/C22H20F2/c1-3-5-6-8-17-9-11-18(12-10-17)13-14-20-16-21(23)19(7-4-2)15-22(20)24/h9-12,15-16H,3,5-6,8H2,1-2H3. The molecule has 0 nitrogen and oxygen atoms in total. The van der Waals surface area contributed by atoms with Crippen molar-refractivity contribution < 1.29 is 8.78 Å². The van der Waals surface area contributed by atoms with Gasteiger partial charge in [0.15, 0.2) is 0 Å². The van der Waals surface area contributed by atoms with Crippen LogP contribution in [0.4, 0.5) is 8.78 Å². The maximum absolute atomic E-state index is 14.0. The van der Waals surface area contributed by atoms with Gasteiger partial charge in [-0.2, -0.15) is 0 Å². The van der Waals surface area contributed by atoms with Crippen molar-refractivity contribution in [2.24, 2.45) is 0 Å². The third-order valence-corrected chi connectivity index (χ3v) is 3.68. The highest BCUT2D eigenvalue weighted by Crippen LogP contribution is 2.14. The maximum Gasteiger partial charge on any atom is 0.140 e. The molecule has 2 aromatic carbocycles. The van der Waals surface area contributed by atoms with Gasteiger partial charge in [0.05, 0.1) is 11.1 Å². The second-order valence-electron chi connectivity index (χ2n) is 5.59. The Morgan fingerprint density at radius 1 is 0.833 bits per heavy atom. The summed E-state index contributed by atoms with van der Waals surface area (Å²) >= 11 is 0. The first kappa shape index (κ1) is 17.8. The van der Waals surface area contributed by atoms with Gasteiger partial charge in [-0.25, -0.2) is 8.78 Å². The molecule has 0 saturated carbocycles. The van der Waals surface area contributed by atoms with E-state index in [-0.39, 0.29) is 11.1 Å².